The normalized spacial score (nSPS) is 22.1. The van der Waals surface area contributed by atoms with E-state index in [0.717, 1.165) is 66.5 Å². The van der Waals surface area contributed by atoms with Crippen LogP contribution in [0.15, 0.2) is 66.7 Å². The van der Waals surface area contributed by atoms with E-state index >= 15 is 0 Å². The Bertz CT molecular complexity index is 2360. The highest BCUT2D eigenvalue weighted by Gasteiger charge is 2.46. The molecule has 2 heterocycles. The fraction of sp³-hybridized carbons (Fsp3) is 0.547. The van der Waals surface area contributed by atoms with Crippen LogP contribution in [0.5, 0.6) is 0 Å². The first-order valence-electron chi connectivity index (χ1n) is 24.5. The van der Waals surface area contributed by atoms with Crippen molar-refractivity contribution in [2.75, 3.05) is 39.0 Å². The van der Waals surface area contributed by atoms with Crippen LogP contribution in [0, 0.1) is 10.8 Å². The number of rotatable bonds is 14. The Kier molecular flexibility index (Phi) is 15.6. The molecule has 1 saturated heterocycles. The van der Waals surface area contributed by atoms with Crippen molar-refractivity contribution >= 4 is 41.1 Å². The van der Waals surface area contributed by atoms with Crippen molar-refractivity contribution in [3.8, 4) is 0 Å². The van der Waals surface area contributed by atoms with Gasteiger partial charge >= 0.3 is 0 Å². The number of nitrogens with one attached hydrogen (secondary N) is 7. The van der Waals surface area contributed by atoms with Gasteiger partial charge in [0.2, 0.25) is 35.4 Å². The third-order valence-electron chi connectivity index (χ3n) is 14.1. The molecule has 7 rings (SSSR count). The highest BCUT2D eigenvalue weighted by molar-refractivity contribution is 5.95. The van der Waals surface area contributed by atoms with Gasteiger partial charge in [0, 0.05) is 31.2 Å². The number of hydrogen-bond acceptors (Lipinski definition) is 9. The second-order valence-corrected chi connectivity index (χ2v) is 21.4. The fourth-order valence-corrected chi connectivity index (χ4v) is 10.5. The number of carbonyl (C=O) groups is 6. The molecule has 7 N–H and O–H groups in total. The maximum atomic E-state index is 14.9. The number of fused-ring (bicyclic) bond motifs is 3. The summed E-state index contributed by atoms with van der Waals surface area (Å²) in [5.41, 5.74) is 5.80. The Morgan fingerprint density at radius 2 is 1.12 bits per heavy atom. The smallest absolute Gasteiger partial charge is 0.246 e. The maximum absolute atomic E-state index is 14.9. The first kappa shape index (κ1) is 50.1. The number of hydrogen-bond donors (Lipinski definition) is 7. The van der Waals surface area contributed by atoms with E-state index in [1.54, 1.807) is 23.9 Å². The van der Waals surface area contributed by atoms with E-state index in [4.69, 9.17) is 0 Å². The number of carbonyl (C=O) groups excluding carboxylic acids is 6. The second kappa shape index (κ2) is 21.2. The molecule has 3 aromatic carbocycles. The first-order valence-corrected chi connectivity index (χ1v) is 24.5. The van der Waals surface area contributed by atoms with Gasteiger partial charge in [-0.2, -0.15) is 0 Å². The van der Waals surface area contributed by atoms with Gasteiger partial charge in [-0.25, -0.2) is 0 Å². The van der Waals surface area contributed by atoms with Gasteiger partial charge in [-0.05, 0) is 115 Å². The predicted octanol–water partition coefficient (Wildman–Crippen LogP) is 4.21. The van der Waals surface area contributed by atoms with E-state index in [1.165, 1.54) is 11.1 Å². The van der Waals surface area contributed by atoms with Crippen LogP contribution >= 0.6 is 0 Å². The van der Waals surface area contributed by atoms with Crippen LogP contribution in [0.25, 0.3) is 0 Å². The highest BCUT2D eigenvalue weighted by atomic mass is 16.2. The molecule has 15 nitrogen and oxygen atoms in total. The minimum absolute atomic E-state index is 0.0335. The van der Waals surface area contributed by atoms with Crippen molar-refractivity contribution in [1.82, 2.24) is 41.7 Å². The number of amides is 6. The van der Waals surface area contributed by atoms with E-state index in [2.05, 4.69) is 61.5 Å². The van der Waals surface area contributed by atoms with Crippen molar-refractivity contribution in [2.45, 2.75) is 142 Å². The van der Waals surface area contributed by atoms with Crippen molar-refractivity contribution in [2.24, 2.45) is 10.8 Å². The highest BCUT2D eigenvalue weighted by Crippen LogP contribution is 2.35. The summed E-state index contributed by atoms with van der Waals surface area (Å²) in [7, 11) is 3.34. The Hall–Kier alpha value is -5.80. The van der Waals surface area contributed by atoms with E-state index in [-0.39, 0.29) is 86.2 Å². The van der Waals surface area contributed by atoms with E-state index in [0.29, 0.717) is 6.42 Å². The average Bonchev–Trinajstić information content (AvgIpc) is 3.72. The molecule has 0 saturated carbocycles. The van der Waals surface area contributed by atoms with Gasteiger partial charge in [-0.1, -0.05) is 96.1 Å². The van der Waals surface area contributed by atoms with E-state index in [9.17, 15) is 28.8 Å². The number of aryl methyl sites for hydroxylation is 2. The lowest BCUT2D eigenvalue weighted by Crippen LogP contribution is -2.61. The number of likely N-dealkylation sites (tertiary alicyclic amines) is 1. The minimum atomic E-state index is -0.913. The monoisotopic (exact) mass is 932 g/mol. The molecule has 6 unspecified atom stereocenters. The molecule has 0 aromatic heterocycles. The quantitative estimate of drug-likeness (QED) is 0.124. The number of nitrogens with zero attached hydrogens (tertiary/aromatic N) is 2. The number of anilines is 1. The predicted molar refractivity (Wildman–Crippen MR) is 263 cm³/mol. The molecular weight excluding hydrogens is 859 g/mol. The maximum Gasteiger partial charge on any atom is 0.246 e. The molecule has 2 aliphatic carbocycles. The lowest BCUT2D eigenvalue weighted by molar-refractivity contribution is -0.147. The molecule has 0 bridgehead atoms. The molecule has 7 atom stereocenters. The van der Waals surface area contributed by atoms with Crippen LogP contribution in [0.1, 0.15) is 119 Å². The van der Waals surface area contributed by atoms with E-state index in [1.807, 2.05) is 84.0 Å². The summed E-state index contributed by atoms with van der Waals surface area (Å²) in [6.45, 7) is 11.8. The SMILES string of the molecule is CNCC(=O)NC(C(=O)N1CC(Nc2ccc3c(c2)CN(C(=O)C(NC(=O)CNC)C(C)(C)C)C(C(=O)N[C@@H]2CCCc4ccccc42)C3)CC1C(=O)NC1CCCc2ccccc21)C(C)(C)C. The third-order valence-corrected chi connectivity index (χ3v) is 14.1. The summed E-state index contributed by atoms with van der Waals surface area (Å²) in [5, 5.41) is 21.9. The molecule has 4 aliphatic rings. The molecule has 366 valence electrons. The Morgan fingerprint density at radius 3 is 1.63 bits per heavy atom. The van der Waals surface area contributed by atoms with Crippen molar-refractivity contribution in [3.63, 3.8) is 0 Å². The zero-order valence-electron chi connectivity index (χ0n) is 41.2. The summed E-state index contributed by atoms with van der Waals surface area (Å²) < 4.78 is 0. The molecule has 0 spiro atoms. The Balaban J connectivity index is 1.16. The summed E-state index contributed by atoms with van der Waals surface area (Å²) in [4.78, 5) is 87.9. The van der Waals surface area contributed by atoms with Gasteiger partial charge in [0.1, 0.15) is 24.2 Å². The van der Waals surface area contributed by atoms with Crippen LogP contribution < -0.4 is 37.2 Å². The van der Waals surface area contributed by atoms with Crippen molar-refractivity contribution in [3.05, 3.63) is 100 Å². The molecule has 6 amide bonds. The number of benzene rings is 3. The lowest BCUT2D eigenvalue weighted by atomic mass is 9.83. The van der Waals surface area contributed by atoms with Crippen molar-refractivity contribution in [1.29, 1.82) is 0 Å². The summed E-state index contributed by atoms with van der Waals surface area (Å²) in [6.07, 6.45) is 5.95. The Morgan fingerprint density at radius 1 is 0.618 bits per heavy atom. The lowest BCUT2D eigenvalue weighted by Gasteiger charge is -2.41. The number of likely N-dealkylation sites (N-methyl/N-ethyl adjacent to an activating group) is 2. The molecule has 3 aromatic rings. The van der Waals surface area contributed by atoms with E-state index < -0.39 is 35.0 Å². The van der Waals surface area contributed by atoms with Gasteiger partial charge in [0.25, 0.3) is 0 Å². The van der Waals surface area contributed by atoms with Crippen LogP contribution in [-0.4, -0.2) is 109 Å². The van der Waals surface area contributed by atoms with Gasteiger partial charge in [-0.3, -0.25) is 28.8 Å². The van der Waals surface area contributed by atoms with Crippen LogP contribution in [0.2, 0.25) is 0 Å². The van der Waals surface area contributed by atoms with Gasteiger partial charge in [0.05, 0.1) is 25.2 Å². The first-order chi connectivity index (χ1) is 32.4. The Labute approximate surface area is 402 Å². The van der Waals surface area contributed by atoms with Crippen molar-refractivity contribution < 1.29 is 28.8 Å². The zero-order chi connectivity index (χ0) is 48.9. The van der Waals surface area contributed by atoms with Crippen LogP contribution in [-0.2, 0) is 54.6 Å². The largest absolute Gasteiger partial charge is 0.380 e. The molecule has 15 heteroatoms. The third kappa shape index (κ3) is 11.5. The second-order valence-electron chi connectivity index (χ2n) is 21.4. The summed E-state index contributed by atoms with van der Waals surface area (Å²) in [6, 6.07) is 18.1. The zero-order valence-corrected chi connectivity index (χ0v) is 41.2. The molecule has 2 aliphatic heterocycles. The topological polar surface area (TPSA) is 193 Å². The minimum Gasteiger partial charge on any atom is -0.380 e. The molecular formula is C53H73N9O6. The molecule has 68 heavy (non-hydrogen) atoms. The summed E-state index contributed by atoms with van der Waals surface area (Å²) in [5.74, 6) is -1.79. The van der Waals surface area contributed by atoms with Gasteiger partial charge in [-0.15, -0.1) is 0 Å². The van der Waals surface area contributed by atoms with Crippen LogP contribution in [0.3, 0.4) is 0 Å². The standard InChI is InChI=1S/C53H73N9O6/c1-52(2,3)46(59-44(63)28-54-7)50(67)61-30-35-25-36(24-23-34(35)26-42(61)48(65)57-40-21-13-17-32-15-9-11-19-38(32)40)56-37-27-43(49(66)58-41-22-14-18-33-16-10-12-20-39(33)41)62(31-37)51(68)47(53(4,5)6)60-45(64)29-55-8/h9-12,15-16,19-20,23-25,37,40-43,46-47,54-56H,13-14,17-18,21-22,26-31H2,1-8H3,(H,57,65)(H,58,66)(H,59,63)(H,60,64)/t37?,40-,41?,42?,43?,46?,47?/m1/s1. The fourth-order valence-electron chi connectivity index (χ4n) is 10.5. The average molecular weight is 932 g/mol. The molecule has 0 radical (unpaired) electrons. The van der Waals surface area contributed by atoms with Gasteiger partial charge in [0.15, 0.2) is 0 Å². The van der Waals surface area contributed by atoms with Crippen LogP contribution in [0.4, 0.5) is 5.69 Å². The van der Waals surface area contributed by atoms with Gasteiger partial charge < -0.3 is 47.0 Å². The molecule has 1 fully saturated rings. The summed E-state index contributed by atoms with van der Waals surface area (Å²) >= 11 is 0.